The van der Waals surface area contributed by atoms with Gasteiger partial charge in [-0.3, -0.25) is 9.97 Å². The van der Waals surface area contributed by atoms with Gasteiger partial charge in [0.05, 0.1) is 27.9 Å². The quantitative estimate of drug-likeness (QED) is 0.326. The fourth-order valence-corrected chi connectivity index (χ4v) is 3.16. The van der Waals surface area contributed by atoms with Crippen molar-refractivity contribution in [2.45, 2.75) is 18.5 Å². The van der Waals surface area contributed by atoms with E-state index in [0.717, 1.165) is 24.5 Å². The molecule has 1 N–H and O–H groups in total. The summed E-state index contributed by atoms with van der Waals surface area (Å²) >= 11 is 0. The fraction of sp³-hybridized carbons (Fsp3) is 0.150. The van der Waals surface area contributed by atoms with Gasteiger partial charge in [0.2, 0.25) is 0 Å². The molecule has 0 unspecified atom stereocenters. The minimum absolute atomic E-state index is 0.0295. The molecule has 0 amide bonds. The summed E-state index contributed by atoms with van der Waals surface area (Å²) in [6.45, 7) is 0. The molecular formula is C20H9F9N4. The van der Waals surface area contributed by atoms with Crippen LogP contribution in [0.25, 0.3) is 33.8 Å². The molecule has 13 heteroatoms. The lowest BCUT2D eigenvalue weighted by Crippen LogP contribution is -2.11. The van der Waals surface area contributed by atoms with Crippen LogP contribution in [-0.2, 0) is 18.5 Å². The second kappa shape index (κ2) is 7.46. The predicted octanol–water partition coefficient (Wildman–Crippen LogP) is 6.74. The van der Waals surface area contributed by atoms with Crippen molar-refractivity contribution in [2.24, 2.45) is 0 Å². The molecule has 172 valence electrons. The number of fused-ring (bicyclic) bond motifs is 1. The molecular weight excluding hydrogens is 467 g/mol. The summed E-state index contributed by atoms with van der Waals surface area (Å²) in [5, 5.41) is 0. The van der Waals surface area contributed by atoms with Crippen molar-refractivity contribution in [3.63, 3.8) is 0 Å². The number of alkyl halides is 9. The van der Waals surface area contributed by atoms with Crippen LogP contribution in [-0.4, -0.2) is 19.9 Å². The molecule has 1 aromatic carbocycles. The van der Waals surface area contributed by atoms with E-state index in [9.17, 15) is 39.5 Å². The summed E-state index contributed by atoms with van der Waals surface area (Å²) in [7, 11) is 0. The third-order valence-electron chi connectivity index (χ3n) is 4.61. The molecule has 3 aromatic heterocycles. The first-order valence-electron chi connectivity index (χ1n) is 8.92. The van der Waals surface area contributed by atoms with Crippen LogP contribution in [0.5, 0.6) is 0 Å². The van der Waals surface area contributed by atoms with E-state index in [1.54, 1.807) is 0 Å². The number of hydrogen-bond donors (Lipinski definition) is 1. The monoisotopic (exact) mass is 476 g/mol. The maximum absolute atomic E-state index is 13.3. The van der Waals surface area contributed by atoms with Crippen LogP contribution in [0.4, 0.5) is 39.5 Å². The number of aromatic nitrogens is 4. The lowest BCUT2D eigenvalue weighted by atomic mass is 10.1. The Kier molecular flexibility index (Phi) is 5.10. The van der Waals surface area contributed by atoms with E-state index in [4.69, 9.17) is 0 Å². The largest absolute Gasteiger partial charge is 0.418 e. The highest BCUT2D eigenvalue weighted by molar-refractivity contribution is 5.83. The number of rotatable bonds is 2. The average molecular weight is 476 g/mol. The van der Waals surface area contributed by atoms with E-state index in [0.29, 0.717) is 6.07 Å². The first-order chi connectivity index (χ1) is 15.2. The van der Waals surface area contributed by atoms with Gasteiger partial charge in [0, 0.05) is 18.0 Å². The van der Waals surface area contributed by atoms with Gasteiger partial charge in [0.15, 0.2) is 5.82 Å². The van der Waals surface area contributed by atoms with Crippen molar-refractivity contribution in [3.05, 3.63) is 65.5 Å². The summed E-state index contributed by atoms with van der Waals surface area (Å²) in [6.07, 6.45) is -12.7. The number of benzene rings is 1. The Hall–Kier alpha value is -3.64. The van der Waals surface area contributed by atoms with Crippen LogP contribution in [0.3, 0.4) is 0 Å². The number of nitrogens with one attached hydrogen (secondary N) is 1. The van der Waals surface area contributed by atoms with E-state index < -0.39 is 51.9 Å². The van der Waals surface area contributed by atoms with E-state index >= 15 is 0 Å². The molecule has 4 aromatic rings. The molecule has 0 saturated carbocycles. The van der Waals surface area contributed by atoms with Crippen LogP contribution in [0.2, 0.25) is 0 Å². The molecule has 3 heterocycles. The highest BCUT2D eigenvalue weighted by Gasteiger charge is 2.39. The van der Waals surface area contributed by atoms with E-state index in [1.165, 1.54) is 12.1 Å². The topological polar surface area (TPSA) is 54.5 Å². The van der Waals surface area contributed by atoms with Gasteiger partial charge in [-0.2, -0.15) is 39.5 Å². The summed E-state index contributed by atoms with van der Waals surface area (Å²) in [6, 6.07) is 4.74. The zero-order valence-corrected chi connectivity index (χ0v) is 15.9. The summed E-state index contributed by atoms with van der Waals surface area (Å²) in [4.78, 5) is 13.7. The molecule has 0 aliphatic heterocycles. The number of aromatic amines is 1. The third kappa shape index (κ3) is 4.34. The molecule has 33 heavy (non-hydrogen) atoms. The number of halogens is 9. The number of nitrogens with zero attached hydrogens (tertiary/aromatic N) is 3. The minimum Gasteiger partial charge on any atom is -0.337 e. The lowest BCUT2D eigenvalue weighted by Gasteiger charge is -2.11. The zero-order valence-electron chi connectivity index (χ0n) is 15.9. The average Bonchev–Trinajstić information content (AvgIpc) is 3.15. The van der Waals surface area contributed by atoms with Gasteiger partial charge in [-0.1, -0.05) is 0 Å². The van der Waals surface area contributed by atoms with Gasteiger partial charge >= 0.3 is 18.5 Å². The molecule has 4 rings (SSSR count). The summed E-state index contributed by atoms with van der Waals surface area (Å²) in [5.74, 6) is -0.293. The molecule has 0 fully saturated rings. The van der Waals surface area contributed by atoms with Crippen molar-refractivity contribution >= 4 is 11.0 Å². The van der Waals surface area contributed by atoms with Crippen molar-refractivity contribution in [2.75, 3.05) is 0 Å². The van der Waals surface area contributed by atoms with Crippen molar-refractivity contribution in [1.82, 2.24) is 19.9 Å². The Balaban J connectivity index is 1.80. The van der Waals surface area contributed by atoms with Crippen molar-refractivity contribution < 1.29 is 39.5 Å². The predicted molar refractivity (Wildman–Crippen MR) is 97.6 cm³/mol. The summed E-state index contributed by atoms with van der Waals surface area (Å²) in [5.41, 5.74) is -5.94. The normalized spacial score (nSPS) is 13.0. The van der Waals surface area contributed by atoms with Gasteiger partial charge in [0.25, 0.3) is 0 Å². The van der Waals surface area contributed by atoms with Crippen molar-refractivity contribution in [1.29, 1.82) is 0 Å². The molecule has 0 atom stereocenters. The SMILES string of the molecule is FC(F)(F)c1cc(C(F)(F)F)c2nc(-c3ccc(-c4ncccc4C(F)(F)F)cn3)[nH]c2c1. The van der Waals surface area contributed by atoms with Crippen LogP contribution in [0.15, 0.2) is 48.8 Å². The zero-order chi connectivity index (χ0) is 24.2. The van der Waals surface area contributed by atoms with Crippen LogP contribution in [0.1, 0.15) is 16.7 Å². The van der Waals surface area contributed by atoms with Gasteiger partial charge < -0.3 is 4.98 Å². The van der Waals surface area contributed by atoms with Gasteiger partial charge in [-0.15, -0.1) is 0 Å². The van der Waals surface area contributed by atoms with Gasteiger partial charge in [-0.25, -0.2) is 4.98 Å². The first-order valence-corrected chi connectivity index (χ1v) is 8.92. The second-order valence-corrected chi connectivity index (χ2v) is 6.83. The maximum atomic E-state index is 13.3. The van der Waals surface area contributed by atoms with Gasteiger partial charge in [0.1, 0.15) is 11.2 Å². The maximum Gasteiger partial charge on any atom is 0.418 e. The molecule has 0 bridgehead atoms. The molecule has 0 radical (unpaired) electrons. The first kappa shape index (κ1) is 22.6. The van der Waals surface area contributed by atoms with Gasteiger partial charge in [-0.05, 0) is 36.4 Å². The molecule has 0 aliphatic carbocycles. The Morgan fingerprint density at radius 3 is 2.00 bits per heavy atom. The molecule has 0 aliphatic rings. The number of H-pyrrole nitrogens is 1. The van der Waals surface area contributed by atoms with E-state index in [-0.39, 0.29) is 23.1 Å². The standard InChI is InChI=1S/C20H9F9N4/c21-18(22,23)10-6-12(20(27,28)29)16-14(7-10)32-17(33-16)13-4-3-9(8-31-13)15-11(19(24,25)26)2-1-5-30-15/h1-8H,(H,32,33). The highest BCUT2D eigenvalue weighted by Crippen LogP contribution is 2.40. The summed E-state index contributed by atoms with van der Waals surface area (Å²) < 4.78 is 119. The Morgan fingerprint density at radius 1 is 0.727 bits per heavy atom. The van der Waals surface area contributed by atoms with Crippen LogP contribution in [0, 0.1) is 0 Å². The molecule has 0 saturated heterocycles. The Labute approximate surface area is 178 Å². The minimum atomic E-state index is -5.11. The fourth-order valence-electron chi connectivity index (χ4n) is 3.16. The molecule has 0 spiro atoms. The Bertz CT molecular complexity index is 1320. The van der Waals surface area contributed by atoms with E-state index in [2.05, 4.69) is 19.9 Å². The van der Waals surface area contributed by atoms with Crippen LogP contribution < -0.4 is 0 Å². The number of pyridine rings is 2. The number of hydrogen-bond acceptors (Lipinski definition) is 3. The Morgan fingerprint density at radius 2 is 1.42 bits per heavy atom. The van der Waals surface area contributed by atoms with Crippen LogP contribution >= 0.6 is 0 Å². The molecule has 4 nitrogen and oxygen atoms in total. The van der Waals surface area contributed by atoms with Crippen molar-refractivity contribution in [3.8, 4) is 22.8 Å². The second-order valence-electron chi connectivity index (χ2n) is 6.83. The number of imidazole rings is 1. The third-order valence-corrected chi connectivity index (χ3v) is 4.61. The lowest BCUT2D eigenvalue weighted by molar-refractivity contribution is -0.142. The smallest absolute Gasteiger partial charge is 0.337 e. The van der Waals surface area contributed by atoms with E-state index in [1.807, 2.05) is 0 Å². The highest BCUT2D eigenvalue weighted by atomic mass is 19.4.